The van der Waals surface area contributed by atoms with E-state index in [0.717, 1.165) is 43.1 Å². The van der Waals surface area contributed by atoms with Crippen molar-refractivity contribution in [2.45, 2.75) is 45.1 Å². The number of sulfonamides is 1. The van der Waals surface area contributed by atoms with Gasteiger partial charge in [0, 0.05) is 67.5 Å². The molecule has 0 radical (unpaired) electrons. The van der Waals surface area contributed by atoms with Gasteiger partial charge in [-0.3, -0.25) is 4.79 Å². The molecule has 1 amide bonds. The third kappa shape index (κ3) is 6.99. The van der Waals surface area contributed by atoms with E-state index in [4.69, 9.17) is 0 Å². The number of aromatic nitrogens is 2. The Morgan fingerprint density at radius 1 is 0.947 bits per heavy atom. The lowest BCUT2D eigenvalue weighted by molar-refractivity contribution is -0.129. The summed E-state index contributed by atoms with van der Waals surface area (Å²) in [5.74, 6) is 1.10. The molecule has 2 heterocycles. The summed E-state index contributed by atoms with van der Waals surface area (Å²) in [6, 6.07) is 14.6. The van der Waals surface area contributed by atoms with Gasteiger partial charge in [-0.1, -0.05) is 6.07 Å². The summed E-state index contributed by atoms with van der Waals surface area (Å²) in [5.41, 5.74) is 2.77. The molecule has 1 saturated heterocycles. The Hall–Kier alpha value is -3.70. The fraction of sp³-hybridized carbons (Fsp3) is 0.370. The van der Waals surface area contributed by atoms with Crippen LogP contribution in [0.3, 0.4) is 0 Å². The van der Waals surface area contributed by atoms with Gasteiger partial charge >= 0.3 is 0 Å². The molecule has 1 aliphatic heterocycles. The molecule has 4 rings (SSSR count). The Morgan fingerprint density at radius 3 is 2.26 bits per heavy atom. The summed E-state index contributed by atoms with van der Waals surface area (Å²) in [7, 11) is -3.67. The summed E-state index contributed by atoms with van der Waals surface area (Å²) >= 11 is 0. The predicted molar refractivity (Wildman–Crippen MR) is 151 cm³/mol. The highest BCUT2D eigenvalue weighted by Gasteiger charge is 2.22. The van der Waals surface area contributed by atoms with E-state index >= 15 is 0 Å². The molecule has 38 heavy (non-hydrogen) atoms. The average Bonchev–Trinajstić information content (AvgIpc) is 2.85. The number of carbonyl (C=O) groups excluding carboxylic acids is 1. The van der Waals surface area contributed by atoms with Gasteiger partial charge in [0.15, 0.2) is 0 Å². The minimum atomic E-state index is -3.67. The summed E-state index contributed by atoms with van der Waals surface area (Å²) in [6.45, 7) is 12.0. The number of carbonyl (C=O) groups is 1. The van der Waals surface area contributed by atoms with Gasteiger partial charge in [-0.15, -0.1) is 0 Å². The number of nitrogens with one attached hydrogen (secondary N) is 3. The molecule has 2 aromatic carbocycles. The van der Waals surface area contributed by atoms with E-state index in [9.17, 15) is 13.2 Å². The quantitative estimate of drug-likeness (QED) is 0.414. The third-order valence-electron chi connectivity index (χ3n) is 6.03. The van der Waals surface area contributed by atoms with Crippen LogP contribution in [0.25, 0.3) is 0 Å². The zero-order valence-electron chi connectivity index (χ0n) is 22.4. The molecule has 0 atom stereocenters. The Balaban J connectivity index is 1.44. The van der Waals surface area contributed by atoms with E-state index in [0.29, 0.717) is 17.5 Å². The molecular formula is C27H35N7O3S. The van der Waals surface area contributed by atoms with Crippen LogP contribution in [0.4, 0.5) is 28.8 Å². The van der Waals surface area contributed by atoms with Gasteiger partial charge in [0.1, 0.15) is 5.82 Å². The fourth-order valence-electron chi connectivity index (χ4n) is 4.13. The summed E-state index contributed by atoms with van der Waals surface area (Å²) in [4.78, 5) is 24.9. The van der Waals surface area contributed by atoms with Gasteiger partial charge in [0.25, 0.3) is 0 Å². The van der Waals surface area contributed by atoms with Crippen molar-refractivity contribution < 1.29 is 13.2 Å². The molecule has 0 unspecified atom stereocenters. The topological polar surface area (TPSA) is 120 Å². The van der Waals surface area contributed by atoms with Crippen LogP contribution in [-0.2, 0) is 14.8 Å². The van der Waals surface area contributed by atoms with Gasteiger partial charge in [0.2, 0.25) is 21.9 Å². The standard InChI is InChI=1S/C27H35N7O3S/c1-19-18-28-26(30-21-9-11-23(12-10-21)34-15-13-33(14-16-34)20(2)35)31-25(19)29-22-7-6-8-24(17-22)38(36,37)32-27(3,4)5/h6-12,17-18,32H,13-16H2,1-5H3,(H2,28,29,30,31). The number of hydrogen-bond donors (Lipinski definition) is 3. The normalized spacial score (nSPS) is 14.3. The van der Waals surface area contributed by atoms with Crippen LogP contribution in [0.15, 0.2) is 59.6 Å². The largest absolute Gasteiger partial charge is 0.368 e. The van der Waals surface area contributed by atoms with Crippen LogP contribution in [-0.4, -0.2) is 60.9 Å². The lowest BCUT2D eigenvalue weighted by Crippen LogP contribution is -2.48. The van der Waals surface area contributed by atoms with Crippen molar-refractivity contribution in [3.8, 4) is 0 Å². The van der Waals surface area contributed by atoms with Gasteiger partial charge in [-0.05, 0) is 70.2 Å². The second kappa shape index (κ2) is 11.0. The molecule has 1 aromatic heterocycles. The van der Waals surface area contributed by atoms with Crippen LogP contribution in [0.1, 0.15) is 33.3 Å². The Bertz CT molecular complexity index is 1390. The molecule has 11 heteroatoms. The molecule has 0 saturated carbocycles. The van der Waals surface area contributed by atoms with Gasteiger partial charge < -0.3 is 20.4 Å². The first kappa shape index (κ1) is 27.3. The van der Waals surface area contributed by atoms with Gasteiger partial charge in [0.05, 0.1) is 4.90 Å². The van der Waals surface area contributed by atoms with E-state index in [-0.39, 0.29) is 10.8 Å². The van der Waals surface area contributed by atoms with E-state index in [1.165, 1.54) is 0 Å². The molecule has 0 aliphatic carbocycles. The molecule has 1 fully saturated rings. The zero-order chi connectivity index (χ0) is 27.5. The van der Waals surface area contributed by atoms with Crippen molar-refractivity contribution in [3.05, 3.63) is 60.3 Å². The fourth-order valence-corrected chi connectivity index (χ4v) is 5.60. The van der Waals surface area contributed by atoms with Crippen LogP contribution < -0.4 is 20.3 Å². The van der Waals surface area contributed by atoms with Gasteiger partial charge in [-0.25, -0.2) is 18.1 Å². The lowest BCUT2D eigenvalue weighted by atomic mass is 10.1. The monoisotopic (exact) mass is 537 g/mol. The predicted octanol–water partition coefficient (Wildman–Crippen LogP) is 4.02. The first-order valence-electron chi connectivity index (χ1n) is 12.5. The van der Waals surface area contributed by atoms with Crippen LogP contribution in [0, 0.1) is 6.92 Å². The maximum absolute atomic E-state index is 12.7. The highest BCUT2D eigenvalue weighted by molar-refractivity contribution is 7.89. The molecular weight excluding hydrogens is 502 g/mol. The van der Waals surface area contributed by atoms with Crippen molar-refractivity contribution >= 4 is 44.8 Å². The summed E-state index contributed by atoms with van der Waals surface area (Å²) < 4.78 is 28.2. The average molecular weight is 538 g/mol. The van der Waals surface area contributed by atoms with Crippen molar-refractivity contribution in [2.24, 2.45) is 0 Å². The molecule has 3 aromatic rings. The third-order valence-corrected chi connectivity index (χ3v) is 7.79. The number of rotatable bonds is 7. The second-order valence-electron chi connectivity index (χ2n) is 10.4. The van der Waals surface area contributed by atoms with Crippen LogP contribution in [0.2, 0.25) is 0 Å². The van der Waals surface area contributed by atoms with Crippen molar-refractivity contribution in [3.63, 3.8) is 0 Å². The number of benzene rings is 2. The summed E-state index contributed by atoms with van der Waals surface area (Å²) in [5, 5.41) is 6.45. The number of aryl methyl sites for hydroxylation is 1. The zero-order valence-corrected chi connectivity index (χ0v) is 23.3. The molecule has 0 bridgehead atoms. The highest BCUT2D eigenvalue weighted by Crippen LogP contribution is 2.25. The Kier molecular flexibility index (Phi) is 7.89. The van der Waals surface area contributed by atoms with Crippen LogP contribution in [0.5, 0.6) is 0 Å². The SMILES string of the molecule is CC(=O)N1CCN(c2ccc(Nc3ncc(C)c(Nc4cccc(S(=O)(=O)NC(C)(C)C)c4)n3)cc2)CC1. The number of anilines is 5. The molecule has 3 N–H and O–H groups in total. The van der Waals surface area contributed by atoms with E-state index in [2.05, 4.69) is 30.2 Å². The first-order chi connectivity index (χ1) is 17.9. The highest BCUT2D eigenvalue weighted by atomic mass is 32.2. The smallest absolute Gasteiger partial charge is 0.241 e. The van der Waals surface area contributed by atoms with Crippen molar-refractivity contribution in [1.29, 1.82) is 0 Å². The molecule has 202 valence electrons. The number of amides is 1. The van der Waals surface area contributed by atoms with Crippen molar-refractivity contribution in [1.82, 2.24) is 19.6 Å². The first-order valence-corrected chi connectivity index (χ1v) is 14.0. The number of hydrogen-bond acceptors (Lipinski definition) is 8. The molecule has 0 spiro atoms. The van der Waals surface area contributed by atoms with Crippen LogP contribution >= 0.6 is 0 Å². The molecule has 1 aliphatic rings. The number of nitrogens with zero attached hydrogens (tertiary/aromatic N) is 4. The summed E-state index contributed by atoms with van der Waals surface area (Å²) in [6.07, 6.45) is 1.71. The number of piperazine rings is 1. The maximum Gasteiger partial charge on any atom is 0.241 e. The van der Waals surface area contributed by atoms with Crippen molar-refractivity contribution in [2.75, 3.05) is 41.7 Å². The Morgan fingerprint density at radius 2 is 1.63 bits per heavy atom. The maximum atomic E-state index is 12.7. The minimum absolute atomic E-state index is 0.117. The lowest BCUT2D eigenvalue weighted by Gasteiger charge is -2.35. The second-order valence-corrected chi connectivity index (χ2v) is 12.1. The van der Waals surface area contributed by atoms with E-state index in [1.807, 2.05) is 36.1 Å². The Labute approximate surface area is 224 Å². The molecule has 10 nitrogen and oxygen atoms in total. The van der Waals surface area contributed by atoms with E-state index in [1.54, 1.807) is 58.2 Å². The van der Waals surface area contributed by atoms with Gasteiger partial charge in [-0.2, -0.15) is 4.98 Å². The minimum Gasteiger partial charge on any atom is -0.368 e. The van der Waals surface area contributed by atoms with E-state index < -0.39 is 15.6 Å².